The number of aromatic nitrogens is 6. The van der Waals surface area contributed by atoms with Crippen LogP contribution in [0.5, 0.6) is 0 Å². The first kappa shape index (κ1) is 18.4. The first-order valence-electron chi connectivity index (χ1n) is 8.49. The lowest BCUT2D eigenvalue weighted by Gasteiger charge is -2.08. The molecule has 2 N–H and O–H groups in total. The summed E-state index contributed by atoms with van der Waals surface area (Å²) in [5.41, 5.74) is 2.59. The standard InChI is InChI=1S/C17H22N8O2/c1-12-6-21-25(10-12)5-4-15(26)22-14-9-20-24(3)16(14)17(27)18-7-13-8-19-23(2)11-13/h6,8-11H,4-5,7H2,1-3H3,(H,18,27)(H,22,26). The topological polar surface area (TPSA) is 112 Å². The van der Waals surface area contributed by atoms with Crippen LogP contribution in [-0.2, 0) is 32.0 Å². The van der Waals surface area contributed by atoms with E-state index in [0.29, 0.717) is 24.5 Å². The van der Waals surface area contributed by atoms with Crippen molar-refractivity contribution in [1.29, 1.82) is 0 Å². The Morgan fingerprint density at radius 1 is 1.07 bits per heavy atom. The highest BCUT2D eigenvalue weighted by Gasteiger charge is 2.18. The molecule has 0 aliphatic heterocycles. The number of carbonyl (C=O) groups excluding carboxylic acids is 2. The minimum Gasteiger partial charge on any atom is -0.346 e. The average molecular weight is 370 g/mol. The van der Waals surface area contributed by atoms with Gasteiger partial charge in [0.2, 0.25) is 5.91 Å². The van der Waals surface area contributed by atoms with Gasteiger partial charge in [-0.3, -0.25) is 23.6 Å². The second kappa shape index (κ2) is 7.85. The number of nitrogens with one attached hydrogen (secondary N) is 2. The van der Waals surface area contributed by atoms with Crippen LogP contribution in [0.2, 0.25) is 0 Å². The van der Waals surface area contributed by atoms with Gasteiger partial charge < -0.3 is 10.6 Å². The molecule has 10 nitrogen and oxygen atoms in total. The third-order valence-electron chi connectivity index (χ3n) is 3.97. The summed E-state index contributed by atoms with van der Waals surface area (Å²) in [6.07, 6.45) is 8.83. The van der Waals surface area contributed by atoms with Crippen LogP contribution in [0.25, 0.3) is 0 Å². The van der Waals surface area contributed by atoms with Gasteiger partial charge in [0.05, 0.1) is 24.3 Å². The molecule has 0 aromatic carbocycles. The van der Waals surface area contributed by atoms with Gasteiger partial charge in [0.1, 0.15) is 5.69 Å². The van der Waals surface area contributed by atoms with Crippen LogP contribution in [0, 0.1) is 6.92 Å². The summed E-state index contributed by atoms with van der Waals surface area (Å²) < 4.78 is 4.81. The van der Waals surface area contributed by atoms with Gasteiger partial charge in [0.15, 0.2) is 0 Å². The Bertz CT molecular complexity index is 952. The number of aryl methyl sites for hydroxylation is 4. The Balaban J connectivity index is 1.59. The molecule has 0 saturated heterocycles. The Hall–Kier alpha value is -3.43. The van der Waals surface area contributed by atoms with Crippen LogP contribution in [-0.4, -0.2) is 41.2 Å². The zero-order valence-corrected chi connectivity index (χ0v) is 15.5. The van der Waals surface area contributed by atoms with Gasteiger partial charge >= 0.3 is 0 Å². The van der Waals surface area contributed by atoms with Crippen LogP contribution in [0.15, 0.2) is 31.0 Å². The number of rotatable bonds is 7. The van der Waals surface area contributed by atoms with Crippen LogP contribution in [0.1, 0.15) is 28.0 Å². The fourth-order valence-electron chi connectivity index (χ4n) is 2.65. The van der Waals surface area contributed by atoms with E-state index in [-0.39, 0.29) is 18.2 Å². The molecule has 142 valence electrons. The molecular weight excluding hydrogens is 348 g/mol. The molecule has 0 unspecified atom stereocenters. The van der Waals surface area contributed by atoms with Gasteiger partial charge in [-0.15, -0.1) is 0 Å². The molecule has 0 fully saturated rings. The smallest absolute Gasteiger partial charge is 0.271 e. The van der Waals surface area contributed by atoms with Crippen molar-refractivity contribution in [3.8, 4) is 0 Å². The molecule has 0 bridgehead atoms. The predicted molar refractivity (Wildman–Crippen MR) is 97.8 cm³/mol. The lowest BCUT2D eigenvalue weighted by Crippen LogP contribution is -2.26. The molecule has 0 atom stereocenters. The molecule has 3 heterocycles. The van der Waals surface area contributed by atoms with E-state index in [4.69, 9.17) is 0 Å². The monoisotopic (exact) mass is 370 g/mol. The lowest BCUT2D eigenvalue weighted by molar-refractivity contribution is -0.116. The maximum atomic E-state index is 12.5. The van der Waals surface area contributed by atoms with Gasteiger partial charge in [-0.1, -0.05) is 0 Å². The zero-order valence-electron chi connectivity index (χ0n) is 15.5. The highest BCUT2D eigenvalue weighted by Crippen LogP contribution is 2.15. The molecule has 3 aromatic rings. The number of hydrogen-bond acceptors (Lipinski definition) is 5. The minimum absolute atomic E-state index is 0.211. The molecule has 0 spiro atoms. The van der Waals surface area contributed by atoms with Crippen LogP contribution in [0.4, 0.5) is 5.69 Å². The third kappa shape index (κ3) is 4.60. The molecule has 0 aliphatic carbocycles. The fourth-order valence-corrected chi connectivity index (χ4v) is 2.65. The number of amides is 2. The molecular formula is C17H22N8O2. The number of carbonyl (C=O) groups is 2. The highest BCUT2D eigenvalue weighted by atomic mass is 16.2. The summed E-state index contributed by atoms with van der Waals surface area (Å²) in [6.45, 7) is 2.74. The maximum absolute atomic E-state index is 12.5. The number of hydrogen-bond donors (Lipinski definition) is 2. The summed E-state index contributed by atoms with van der Waals surface area (Å²) >= 11 is 0. The molecule has 27 heavy (non-hydrogen) atoms. The summed E-state index contributed by atoms with van der Waals surface area (Å²) in [5, 5.41) is 17.9. The molecule has 0 saturated carbocycles. The predicted octanol–water partition coefficient (Wildman–Crippen LogP) is 0.617. The van der Waals surface area contributed by atoms with Crippen molar-refractivity contribution in [2.45, 2.75) is 26.4 Å². The quantitative estimate of drug-likeness (QED) is 0.633. The van der Waals surface area contributed by atoms with E-state index in [2.05, 4.69) is 25.9 Å². The average Bonchev–Trinajstić information content (AvgIpc) is 3.32. The van der Waals surface area contributed by atoms with Crippen molar-refractivity contribution >= 4 is 17.5 Å². The van der Waals surface area contributed by atoms with Crippen LogP contribution in [0.3, 0.4) is 0 Å². The molecule has 2 amide bonds. The number of nitrogens with zero attached hydrogens (tertiary/aromatic N) is 6. The van der Waals surface area contributed by atoms with Gasteiger partial charge in [-0.05, 0) is 12.5 Å². The number of anilines is 1. The summed E-state index contributed by atoms with van der Waals surface area (Å²) in [4.78, 5) is 24.8. The highest BCUT2D eigenvalue weighted by molar-refractivity contribution is 6.02. The molecule has 0 radical (unpaired) electrons. The van der Waals surface area contributed by atoms with E-state index < -0.39 is 0 Å². The van der Waals surface area contributed by atoms with E-state index >= 15 is 0 Å². The largest absolute Gasteiger partial charge is 0.346 e. The SMILES string of the molecule is Cc1cnn(CCC(=O)Nc2cnn(C)c2C(=O)NCc2cnn(C)c2)c1. The van der Waals surface area contributed by atoms with Crippen molar-refractivity contribution in [2.75, 3.05) is 5.32 Å². The first-order valence-corrected chi connectivity index (χ1v) is 8.49. The second-order valence-corrected chi connectivity index (χ2v) is 6.31. The zero-order chi connectivity index (χ0) is 19.4. The normalized spacial score (nSPS) is 10.8. The fraction of sp³-hybridized carbons (Fsp3) is 0.353. The summed E-state index contributed by atoms with van der Waals surface area (Å²) in [5.74, 6) is -0.533. The second-order valence-electron chi connectivity index (χ2n) is 6.31. The Labute approximate surface area is 156 Å². The van der Waals surface area contributed by atoms with Crippen LogP contribution < -0.4 is 10.6 Å². The van der Waals surface area contributed by atoms with Crippen molar-refractivity contribution in [3.05, 3.63) is 47.8 Å². The van der Waals surface area contributed by atoms with Gasteiger partial charge in [0.25, 0.3) is 5.91 Å². The first-order chi connectivity index (χ1) is 12.9. The summed E-state index contributed by atoms with van der Waals surface area (Å²) in [7, 11) is 3.46. The van der Waals surface area contributed by atoms with Gasteiger partial charge in [0, 0.05) is 51.6 Å². The van der Waals surface area contributed by atoms with E-state index in [1.165, 1.54) is 10.9 Å². The van der Waals surface area contributed by atoms with E-state index in [1.807, 2.05) is 26.4 Å². The van der Waals surface area contributed by atoms with Crippen molar-refractivity contribution in [3.63, 3.8) is 0 Å². The minimum atomic E-state index is -0.322. The Morgan fingerprint density at radius 2 is 1.89 bits per heavy atom. The molecule has 0 aliphatic rings. The Kier molecular flexibility index (Phi) is 5.34. The van der Waals surface area contributed by atoms with E-state index in [9.17, 15) is 9.59 Å². The Morgan fingerprint density at radius 3 is 2.56 bits per heavy atom. The molecule has 10 heteroatoms. The van der Waals surface area contributed by atoms with Crippen molar-refractivity contribution < 1.29 is 9.59 Å². The molecule has 3 rings (SSSR count). The van der Waals surface area contributed by atoms with Crippen molar-refractivity contribution in [2.24, 2.45) is 14.1 Å². The van der Waals surface area contributed by atoms with E-state index in [1.54, 1.807) is 28.8 Å². The maximum Gasteiger partial charge on any atom is 0.271 e. The third-order valence-corrected chi connectivity index (χ3v) is 3.97. The van der Waals surface area contributed by atoms with Gasteiger partial charge in [-0.25, -0.2) is 0 Å². The van der Waals surface area contributed by atoms with E-state index in [0.717, 1.165) is 11.1 Å². The van der Waals surface area contributed by atoms with Gasteiger partial charge in [-0.2, -0.15) is 15.3 Å². The summed E-state index contributed by atoms with van der Waals surface area (Å²) in [6, 6.07) is 0. The van der Waals surface area contributed by atoms with Crippen LogP contribution >= 0.6 is 0 Å². The van der Waals surface area contributed by atoms with Crippen molar-refractivity contribution in [1.82, 2.24) is 34.7 Å². The molecule has 3 aromatic heterocycles. The lowest BCUT2D eigenvalue weighted by atomic mass is 10.3.